The molecule has 1 spiro atoms. The SMILES string of the molecule is O=C(O)CSCc1cccc(NC(=O)C2CC23CC3)c1. The highest BCUT2D eigenvalue weighted by Gasteiger charge is 2.65. The Balaban J connectivity index is 1.54. The van der Waals surface area contributed by atoms with Gasteiger partial charge in [0.1, 0.15) is 0 Å². The molecule has 1 unspecified atom stereocenters. The molecule has 3 rings (SSSR count). The van der Waals surface area contributed by atoms with Crippen LogP contribution < -0.4 is 5.32 Å². The fraction of sp³-hybridized carbons (Fsp3) is 0.467. The Morgan fingerprint density at radius 1 is 1.40 bits per heavy atom. The highest BCUT2D eigenvalue weighted by Crippen LogP contribution is 2.70. The largest absolute Gasteiger partial charge is 0.481 e. The summed E-state index contributed by atoms with van der Waals surface area (Å²) in [6, 6.07) is 7.65. The molecule has 4 nitrogen and oxygen atoms in total. The van der Waals surface area contributed by atoms with Crippen LogP contribution in [0.4, 0.5) is 5.69 Å². The summed E-state index contributed by atoms with van der Waals surface area (Å²) >= 11 is 1.36. The van der Waals surface area contributed by atoms with Crippen molar-refractivity contribution in [3.05, 3.63) is 29.8 Å². The molecule has 2 saturated carbocycles. The summed E-state index contributed by atoms with van der Waals surface area (Å²) in [5.41, 5.74) is 2.22. The molecule has 1 atom stereocenters. The van der Waals surface area contributed by atoms with Crippen molar-refractivity contribution in [1.29, 1.82) is 0 Å². The van der Waals surface area contributed by atoms with E-state index in [0.717, 1.165) is 17.7 Å². The minimum Gasteiger partial charge on any atom is -0.481 e. The number of rotatable bonds is 6. The summed E-state index contributed by atoms with van der Waals surface area (Å²) in [4.78, 5) is 22.5. The van der Waals surface area contributed by atoms with Crippen molar-refractivity contribution < 1.29 is 14.7 Å². The molecular weight excluding hydrogens is 274 g/mol. The summed E-state index contributed by atoms with van der Waals surface area (Å²) in [6.07, 6.45) is 3.46. The van der Waals surface area contributed by atoms with Gasteiger partial charge in [0, 0.05) is 17.4 Å². The Kier molecular flexibility index (Phi) is 3.46. The summed E-state index contributed by atoms with van der Waals surface area (Å²) in [6.45, 7) is 0. The van der Waals surface area contributed by atoms with Crippen LogP contribution in [0.25, 0.3) is 0 Å². The Morgan fingerprint density at radius 3 is 2.85 bits per heavy atom. The third-order valence-corrected chi connectivity index (χ3v) is 5.08. The van der Waals surface area contributed by atoms with Crippen molar-refractivity contribution in [3.63, 3.8) is 0 Å². The van der Waals surface area contributed by atoms with Gasteiger partial charge in [-0.05, 0) is 42.4 Å². The van der Waals surface area contributed by atoms with Crippen LogP contribution >= 0.6 is 11.8 Å². The molecule has 1 amide bonds. The van der Waals surface area contributed by atoms with E-state index in [1.807, 2.05) is 24.3 Å². The minimum atomic E-state index is -0.803. The normalized spacial score (nSPS) is 21.5. The number of nitrogens with one attached hydrogen (secondary N) is 1. The van der Waals surface area contributed by atoms with Gasteiger partial charge in [0.2, 0.25) is 5.91 Å². The fourth-order valence-electron chi connectivity index (χ4n) is 2.66. The maximum atomic E-state index is 12.1. The van der Waals surface area contributed by atoms with E-state index in [1.54, 1.807) is 0 Å². The van der Waals surface area contributed by atoms with Gasteiger partial charge in [-0.1, -0.05) is 12.1 Å². The lowest BCUT2D eigenvalue weighted by molar-refractivity contribution is -0.133. The molecule has 0 saturated heterocycles. The lowest BCUT2D eigenvalue weighted by atomic mass is 10.2. The smallest absolute Gasteiger partial charge is 0.313 e. The van der Waals surface area contributed by atoms with Crippen LogP contribution in [0.15, 0.2) is 24.3 Å². The Bertz CT molecular complexity index is 554. The third kappa shape index (κ3) is 2.98. The molecule has 0 aliphatic heterocycles. The molecule has 0 aromatic heterocycles. The van der Waals surface area contributed by atoms with Gasteiger partial charge in [-0.25, -0.2) is 0 Å². The van der Waals surface area contributed by atoms with E-state index in [9.17, 15) is 9.59 Å². The first-order valence-electron chi connectivity index (χ1n) is 6.78. The third-order valence-electron chi connectivity index (χ3n) is 4.09. The van der Waals surface area contributed by atoms with Gasteiger partial charge in [-0.15, -0.1) is 11.8 Å². The number of carboxylic acids is 1. The average Bonchev–Trinajstić information content (AvgIpc) is 3.30. The van der Waals surface area contributed by atoms with Gasteiger partial charge in [0.05, 0.1) is 5.75 Å². The quantitative estimate of drug-likeness (QED) is 0.845. The fourth-order valence-corrected chi connectivity index (χ4v) is 3.35. The van der Waals surface area contributed by atoms with Crippen molar-refractivity contribution in [2.45, 2.75) is 25.0 Å². The number of thioether (sulfide) groups is 1. The number of carboxylic acid groups (broad SMARTS) is 1. The molecule has 2 fully saturated rings. The highest BCUT2D eigenvalue weighted by molar-refractivity contribution is 7.99. The molecule has 2 aliphatic carbocycles. The van der Waals surface area contributed by atoms with E-state index in [4.69, 9.17) is 5.11 Å². The minimum absolute atomic E-state index is 0.0984. The van der Waals surface area contributed by atoms with E-state index in [-0.39, 0.29) is 17.6 Å². The average molecular weight is 291 g/mol. The zero-order valence-electron chi connectivity index (χ0n) is 11.1. The molecule has 106 valence electrons. The molecule has 2 aliphatic rings. The Hall–Kier alpha value is -1.49. The van der Waals surface area contributed by atoms with Crippen LogP contribution in [0.2, 0.25) is 0 Å². The monoisotopic (exact) mass is 291 g/mol. The molecule has 0 bridgehead atoms. The molecule has 2 N–H and O–H groups in total. The van der Waals surface area contributed by atoms with Crippen LogP contribution in [0.5, 0.6) is 0 Å². The number of carbonyl (C=O) groups excluding carboxylic acids is 1. The first-order chi connectivity index (χ1) is 9.59. The van der Waals surface area contributed by atoms with Gasteiger partial charge in [0.25, 0.3) is 0 Å². The topological polar surface area (TPSA) is 66.4 Å². The predicted octanol–water partition coefficient (Wildman–Crippen LogP) is 2.74. The second-order valence-corrected chi connectivity index (χ2v) is 6.68. The maximum absolute atomic E-state index is 12.1. The van der Waals surface area contributed by atoms with Crippen LogP contribution in [-0.4, -0.2) is 22.7 Å². The highest BCUT2D eigenvalue weighted by atomic mass is 32.2. The molecule has 0 heterocycles. The van der Waals surface area contributed by atoms with Crippen LogP contribution in [0.1, 0.15) is 24.8 Å². The van der Waals surface area contributed by atoms with Crippen molar-refractivity contribution in [1.82, 2.24) is 0 Å². The van der Waals surface area contributed by atoms with Crippen molar-refractivity contribution >= 4 is 29.3 Å². The van der Waals surface area contributed by atoms with Gasteiger partial charge in [-0.3, -0.25) is 9.59 Å². The van der Waals surface area contributed by atoms with E-state index < -0.39 is 5.97 Å². The number of aliphatic carboxylic acids is 1. The number of hydrogen-bond acceptors (Lipinski definition) is 3. The number of carbonyl (C=O) groups is 2. The van der Waals surface area contributed by atoms with Gasteiger partial charge < -0.3 is 10.4 Å². The molecule has 1 aromatic rings. The maximum Gasteiger partial charge on any atom is 0.313 e. The molecule has 0 radical (unpaired) electrons. The van der Waals surface area contributed by atoms with Crippen LogP contribution in [0, 0.1) is 11.3 Å². The summed E-state index contributed by atoms with van der Waals surface area (Å²) in [5, 5.41) is 11.6. The van der Waals surface area contributed by atoms with Crippen LogP contribution in [-0.2, 0) is 15.3 Å². The zero-order chi connectivity index (χ0) is 14.2. The standard InChI is InChI=1S/C15H17NO3S/c17-13(18)9-20-8-10-2-1-3-11(6-10)16-14(19)12-7-15(12)4-5-15/h1-3,6,12H,4-5,7-9H2,(H,16,19)(H,17,18). The summed E-state index contributed by atoms with van der Waals surface area (Å²) in [5.74, 6) is 0.290. The molecule has 20 heavy (non-hydrogen) atoms. The van der Waals surface area contributed by atoms with Gasteiger partial charge in [0.15, 0.2) is 0 Å². The zero-order valence-corrected chi connectivity index (χ0v) is 11.9. The van der Waals surface area contributed by atoms with Crippen molar-refractivity contribution in [3.8, 4) is 0 Å². The van der Waals surface area contributed by atoms with E-state index in [2.05, 4.69) is 5.32 Å². The number of amides is 1. The van der Waals surface area contributed by atoms with E-state index in [1.165, 1.54) is 24.6 Å². The molecular formula is C15H17NO3S. The van der Waals surface area contributed by atoms with Crippen molar-refractivity contribution in [2.75, 3.05) is 11.1 Å². The van der Waals surface area contributed by atoms with E-state index >= 15 is 0 Å². The number of anilines is 1. The summed E-state index contributed by atoms with van der Waals surface area (Å²) in [7, 11) is 0. The van der Waals surface area contributed by atoms with Crippen LogP contribution in [0.3, 0.4) is 0 Å². The predicted molar refractivity (Wildman–Crippen MR) is 78.6 cm³/mol. The summed E-state index contributed by atoms with van der Waals surface area (Å²) < 4.78 is 0. The number of hydrogen-bond donors (Lipinski definition) is 2. The first-order valence-corrected chi connectivity index (χ1v) is 7.94. The number of benzene rings is 1. The lowest BCUT2D eigenvalue weighted by Gasteiger charge is -2.07. The lowest BCUT2D eigenvalue weighted by Crippen LogP contribution is -2.15. The van der Waals surface area contributed by atoms with Gasteiger partial charge >= 0.3 is 5.97 Å². The molecule has 5 heteroatoms. The Labute approximate surface area is 121 Å². The molecule has 1 aromatic carbocycles. The van der Waals surface area contributed by atoms with E-state index in [0.29, 0.717) is 11.2 Å². The van der Waals surface area contributed by atoms with Gasteiger partial charge in [-0.2, -0.15) is 0 Å². The second-order valence-electron chi connectivity index (χ2n) is 5.70. The van der Waals surface area contributed by atoms with Crippen molar-refractivity contribution in [2.24, 2.45) is 11.3 Å². The first kappa shape index (κ1) is 13.5. The Morgan fingerprint density at radius 2 is 2.20 bits per heavy atom. The second kappa shape index (κ2) is 5.13.